The Labute approximate surface area is 157 Å². The zero-order valence-electron chi connectivity index (χ0n) is 14.3. The first-order chi connectivity index (χ1) is 12.6. The number of alkyl carbamates (subject to hydrolysis) is 1. The standard InChI is InChI=1S/C19H20ClN3O3/c1-2-26-19(25)22-17(12-14-8-4-3-5-9-14)18(24)23-21-13-15-10-6-7-11-16(15)20/h3-11,13,17H,2,12H2,1H3,(H,22,25)(H,23,24)/b21-13-/t17-/m0/s1. The Morgan fingerprint density at radius 2 is 1.85 bits per heavy atom. The number of hydrogen-bond donors (Lipinski definition) is 2. The second-order valence-electron chi connectivity index (χ2n) is 5.36. The van der Waals surface area contributed by atoms with E-state index >= 15 is 0 Å². The summed E-state index contributed by atoms with van der Waals surface area (Å²) in [6.45, 7) is 1.91. The van der Waals surface area contributed by atoms with E-state index in [4.69, 9.17) is 16.3 Å². The second-order valence-corrected chi connectivity index (χ2v) is 5.77. The third kappa shape index (κ3) is 6.22. The molecule has 2 amide bonds. The summed E-state index contributed by atoms with van der Waals surface area (Å²) < 4.78 is 4.86. The van der Waals surface area contributed by atoms with E-state index in [1.165, 1.54) is 6.21 Å². The van der Waals surface area contributed by atoms with Crippen LogP contribution in [0.25, 0.3) is 0 Å². The smallest absolute Gasteiger partial charge is 0.407 e. The molecular weight excluding hydrogens is 354 g/mol. The minimum absolute atomic E-state index is 0.218. The lowest BCUT2D eigenvalue weighted by Crippen LogP contribution is -2.47. The van der Waals surface area contributed by atoms with E-state index < -0.39 is 18.0 Å². The van der Waals surface area contributed by atoms with Crippen LogP contribution >= 0.6 is 11.6 Å². The fourth-order valence-corrected chi connectivity index (χ4v) is 2.38. The van der Waals surface area contributed by atoms with E-state index in [9.17, 15) is 9.59 Å². The molecule has 2 aromatic carbocycles. The van der Waals surface area contributed by atoms with Gasteiger partial charge in [0.2, 0.25) is 0 Å². The molecule has 6 nitrogen and oxygen atoms in total. The van der Waals surface area contributed by atoms with Crippen LogP contribution in [0.2, 0.25) is 5.02 Å². The summed E-state index contributed by atoms with van der Waals surface area (Å²) >= 11 is 6.04. The van der Waals surface area contributed by atoms with Crippen molar-refractivity contribution in [2.45, 2.75) is 19.4 Å². The van der Waals surface area contributed by atoms with Gasteiger partial charge in [0.25, 0.3) is 5.91 Å². The van der Waals surface area contributed by atoms with E-state index in [0.29, 0.717) is 17.0 Å². The van der Waals surface area contributed by atoms with Crippen molar-refractivity contribution in [3.05, 3.63) is 70.7 Å². The highest BCUT2D eigenvalue weighted by Gasteiger charge is 2.21. The van der Waals surface area contributed by atoms with Crippen LogP contribution in [-0.4, -0.2) is 30.9 Å². The maximum Gasteiger partial charge on any atom is 0.407 e. The maximum absolute atomic E-state index is 12.4. The van der Waals surface area contributed by atoms with Gasteiger partial charge in [0, 0.05) is 17.0 Å². The normalized spacial score (nSPS) is 11.8. The molecule has 136 valence electrons. The highest BCUT2D eigenvalue weighted by molar-refractivity contribution is 6.33. The summed E-state index contributed by atoms with van der Waals surface area (Å²) in [5, 5.41) is 6.99. The summed E-state index contributed by atoms with van der Waals surface area (Å²) in [6.07, 6.45) is 1.11. The summed E-state index contributed by atoms with van der Waals surface area (Å²) in [5.74, 6) is -0.454. The fourth-order valence-electron chi connectivity index (χ4n) is 2.20. The van der Waals surface area contributed by atoms with Gasteiger partial charge in [0.15, 0.2) is 0 Å². The summed E-state index contributed by atoms with van der Waals surface area (Å²) in [4.78, 5) is 24.2. The van der Waals surface area contributed by atoms with E-state index in [-0.39, 0.29) is 6.61 Å². The molecular formula is C19H20ClN3O3. The zero-order valence-corrected chi connectivity index (χ0v) is 15.1. The highest BCUT2D eigenvalue weighted by atomic mass is 35.5. The van der Waals surface area contributed by atoms with Crippen molar-refractivity contribution in [1.29, 1.82) is 0 Å². The molecule has 7 heteroatoms. The average Bonchev–Trinajstić information content (AvgIpc) is 2.64. The fraction of sp³-hybridized carbons (Fsp3) is 0.211. The Morgan fingerprint density at radius 1 is 1.15 bits per heavy atom. The number of hydrogen-bond acceptors (Lipinski definition) is 4. The van der Waals surface area contributed by atoms with Gasteiger partial charge in [0.05, 0.1) is 12.8 Å². The van der Waals surface area contributed by atoms with Crippen LogP contribution in [0.1, 0.15) is 18.1 Å². The number of carbonyl (C=O) groups is 2. The first kappa shape index (κ1) is 19.5. The Kier molecular flexibility index (Phi) is 7.64. The van der Waals surface area contributed by atoms with Crippen molar-refractivity contribution in [2.24, 2.45) is 5.10 Å². The van der Waals surface area contributed by atoms with Gasteiger partial charge in [-0.15, -0.1) is 0 Å². The summed E-state index contributed by atoms with van der Waals surface area (Å²) in [6, 6.07) is 15.7. The van der Waals surface area contributed by atoms with Crippen LogP contribution < -0.4 is 10.7 Å². The lowest BCUT2D eigenvalue weighted by molar-refractivity contribution is -0.123. The molecule has 0 aromatic heterocycles. The molecule has 0 aliphatic carbocycles. The molecule has 0 saturated carbocycles. The molecule has 0 spiro atoms. The largest absolute Gasteiger partial charge is 0.450 e. The molecule has 1 atom stereocenters. The van der Waals surface area contributed by atoms with Crippen molar-refractivity contribution < 1.29 is 14.3 Å². The van der Waals surface area contributed by atoms with Crippen molar-refractivity contribution in [2.75, 3.05) is 6.61 Å². The quantitative estimate of drug-likeness (QED) is 0.578. The number of carbonyl (C=O) groups excluding carboxylic acids is 2. The van der Waals surface area contributed by atoms with Gasteiger partial charge in [-0.1, -0.05) is 60.1 Å². The molecule has 2 rings (SSSR count). The molecule has 0 aliphatic heterocycles. The zero-order chi connectivity index (χ0) is 18.8. The van der Waals surface area contributed by atoms with Crippen LogP contribution in [0.5, 0.6) is 0 Å². The molecule has 2 N–H and O–H groups in total. The lowest BCUT2D eigenvalue weighted by atomic mass is 10.1. The summed E-state index contributed by atoms with van der Waals surface area (Å²) in [7, 11) is 0. The van der Waals surface area contributed by atoms with Gasteiger partial charge in [-0.05, 0) is 18.6 Å². The number of hydrazone groups is 1. The Bertz CT molecular complexity index is 766. The Balaban J connectivity index is 2.04. The monoisotopic (exact) mass is 373 g/mol. The molecule has 0 radical (unpaired) electrons. The van der Waals surface area contributed by atoms with Gasteiger partial charge in [0.1, 0.15) is 6.04 Å². The maximum atomic E-state index is 12.4. The lowest BCUT2D eigenvalue weighted by Gasteiger charge is -2.16. The topological polar surface area (TPSA) is 79.8 Å². The Morgan fingerprint density at radius 3 is 2.54 bits per heavy atom. The number of rotatable bonds is 7. The van der Waals surface area contributed by atoms with E-state index in [0.717, 1.165) is 5.56 Å². The average molecular weight is 374 g/mol. The third-order valence-corrected chi connectivity index (χ3v) is 3.79. The van der Waals surface area contributed by atoms with Gasteiger partial charge in [-0.2, -0.15) is 5.10 Å². The van der Waals surface area contributed by atoms with Crippen molar-refractivity contribution in [3.63, 3.8) is 0 Å². The van der Waals surface area contributed by atoms with Crippen molar-refractivity contribution in [3.8, 4) is 0 Å². The number of nitrogens with zero attached hydrogens (tertiary/aromatic N) is 1. The molecule has 0 fully saturated rings. The van der Waals surface area contributed by atoms with E-state index in [2.05, 4.69) is 15.8 Å². The van der Waals surface area contributed by atoms with Crippen LogP contribution in [0.15, 0.2) is 59.7 Å². The number of benzene rings is 2. The summed E-state index contributed by atoms with van der Waals surface area (Å²) in [5.41, 5.74) is 4.00. The second kappa shape index (κ2) is 10.2. The van der Waals surface area contributed by atoms with Crippen LogP contribution in [0, 0.1) is 0 Å². The van der Waals surface area contributed by atoms with Crippen molar-refractivity contribution >= 4 is 29.8 Å². The highest BCUT2D eigenvalue weighted by Crippen LogP contribution is 2.12. The Hall–Kier alpha value is -2.86. The van der Waals surface area contributed by atoms with Crippen LogP contribution in [-0.2, 0) is 16.0 Å². The molecule has 0 aliphatic rings. The first-order valence-corrected chi connectivity index (χ1v) is 8.52. The van der Waals surface area contributed by atoms with Gasteiger partial charge >= 0.3 is 6.09 Å². The predicted molar refractivity (Wildman–Crippen MR) is 101 cm³/mol. The third-order valence-electron chi connectivity index (χ3n) is 3.45. The molecule has 0 saturated heterocycles. The molecule has 2 aromatic rings. The van der Waals surface area contributed by atoms with E-state index in [1.54, 1.807) is 25.1 Å². The minimum Gasteiger partial charge on any atom is -0.450 e. The number of halogens is 1. The molecule has 0 unspecified atom stereocenters. The SMILES string of the molecule is CCOC(=O)N[C@@H](Cc1ccccc1)C(=O)N/N=C\c1ccccc1Cl. The molecule has 0 bridgehead atoms. The number of nitrogens with one attached hydrogen (secondary N) is 2. The van der Waals surface area contributed by atoms with Crippen LogP contribution in [0.4, 0.5) is 4.79 Å². The predicted octanol–water partition coefficient (Wildman–Crippen LogP) is 3.15. The van der Waals surface area contributed by atoms with Crippen molar-refractivity contribution in [1.82, 2.24) is 10.7 Å². The van der Waals surface area contributed by atoms with Gasteiger partial charge in [-0.25, -0.2) is 10.2 Å². The number of ether oxygens (including phenoxy) is 1. The van der Waals surface area contributed by atoms with Crippen LogP contribution in [0.3, 0.4) is 0 Å². The minimum atomic E-state index is -0.820. The van der Waals surface area contributed by atoms with Gasteiger partial charge in [-0.3, -0.25) is 4.79 Å². The number of amides is 2. The molecule has 26 heavy (non-hydrogen) atoms. The van der Waals surface area contributed by atoms with E-state index in [1.807, 2.05) is 36.4 Å². The first-order valence-electron chi connectivity index (χ1n) is 8.14. The molecule has 0 heterocycles. The van der Waals surface area contributed by atoms with Gasteiger partial charge < -0.3 is 10.1 Å².